The number of phenols is 2. The van der Waals surface area contributed by atoms with Gasteiger partial charge in [0, 0.05) is 59.9 Å². The molecular formula is C27H22Cl3I5NO6-. The Bertz CT molecular complexity index is 1340. The van der Waals surface area contributed by atoms with Crippen molar-refractivity contribution in [2.75, 3.05) is 5.73 Å². The number of carbonyl (C=O) groups is 2. The molecule has 4 aromatic carbocycles. The molecule has 4 aromatic rings. The van der Waals surface area contributed by atoms with Crippen LogP contribution in [0.3, 0.4) is 0 Å². The van der Waals surface area contributed by atoms with Crippen LogP contribution in [0.25, 0.3) is 0 Å². The van der Waals surface area contributed by atoms with Crippen LogP contribution in [0, 0.1) is 0 Å². The second-order valence-electron chi connectivity index (χ2n) is 7.15. The molecule has 0 saturated carbocycles. The zero-order chi connectivity index (χ0) is 31.9. The van der Waals surface area contributed by atoms with Crippen LogP contribution in [-0.4, -0.2) is 21.6 Å². The summed E-state index contributed by atoms with van der Waals surface area (Å²) in [5.41, 5.74) is 5.63. The van der Waals surface area contributed by atoms with Crippen molar-refractivity contribution < 1.29 is 42.5 Å². The Balaban J connectivity index is 0.000000596. The number of halogens is 8. The van der Waals surface area contributed by atoms with E-state index in [0.717, 1.165) is 0 Å². The quantitative estimate of drug-likeness (QED) is 0.0477. The van der Waals surface area contributed by atoms with E-state index in [2.05, 4.69) is 79.2 Å². The van der Waals surface area contributed by atoms with Gasteiger partial charge in [0.15, 0.2) is 0 Å². The summed E-state index contributed by atoms with van der Waals surface area (Å²) >= 11 is 25.9. The molecule has 4 N–H and O–H groups in total. The number of rotatable bonds is 4. The van der Waals surface area contributed by atoms with Gasteiger partial charge in [-0.1, -0.05) is 65.7 Å². The summed E-state index contributed by atoms with van der Waals surface area (Å²) in [7, 11) is 0. The molecule has 0 atom stereocenters. The molecule has 0 saturated heterocycles. The number of phenolic OH excluding ortho intramolecular Hbond substituents is 2. The Morgan fingerprint density at radius 2 is 1.17 bits per heavy atom. The number of carbonyl (C=O) groups excluding carboxylic acids is 2. The maximum atomic E-state index is 11.7. The molecule has 0 aromatic heterocycles. The predicted octanol–water partition coefficient (Wildman–Crippen LogP) is 7.79. The molecule has 0 radical (unpaired) electrons. The fourth-order valence-electron chi connectivity index (χ4n) is 2.59. The zero-order valence-electron chi connectivity index (χ0n) is 21.1. The number of aromatic hydroxyl groups is 2. The smallest absolute Gasteiger partial charge is 0.409 e. The van der Waals surface area contributed by atoms with Crippen molar-refractivity contribution in [1.82, 2.24) is 0 Å². The van der Waals surface area contributed by atoms with Gasteiger partial charge in [-0.15, -0.1) is 0 Å². The van der Waals surface area contributed by atoms with Gasteiger partial charge in [-0.25, -0.2) is 4.79 Å². The van der Waals surface area contributed by atoms with Gasteiger partial charge in [0.2, 0.25) is 0 Å². The normalized spacial score (nSPS) is 9.12. The molecule has 0 bridgehead atoms. The number of benzene rings is 4. The summed E-state index contributed by atoms with van der Waals surface area (Å²) in [6, 6.07) is 26.4. The molecule has 7 nitrogen and oxygen atoms in total. The van der Waals surface area contributed by atoms with Crippen LogP contribution in [0.1, 0.15) is 5.56 Å². The molecule has 42 heavy (non-hydrogen) atoms. The molecule has 228 valence electrons. The number of ether oxygens (including phenoxy) is 2. The summed E-state index contributed by atoms with van der Waals surface area (Å²) in [6.45, 7) is 0. The van der Waals surface area contributed by atoms with Crippen LogP contribution < -0.4 is 28.5 Å². The average Bonchev–Trinajstić information content (AvgIpc) is 2.95. The van der Waals surface area contributed by atoms with E-state index >= 15 is 0 Å². The van der Waals surface area contributed by atoms with Crippen molar-refractivity contribution in [2.45, 2.75) is 6.42 Å². The number of nitrogens with two attached hydrogens (primary N) is 1. The number of hydrogen-bond acceptors (Lipinski definition) is 7. The van der Waals surface area contributed by atoms with E-state index in [0.29, 0.717) is 46.1 Å². The number of esters is 1. The molecule has 15 heteroatoms. The predicted molar refractivity (Wildman–Crippen MR) is 201 cm³/mol. The van der Waals surface area contributed by atoms with Crippen LogP contribution >= 0.6 is 109 Å². The summed E-state index contributed by atoms with van der Waals surface area (Å²) in [6.07, 6.45) is 0.0635. The fraction of sp³-hybridized carbons (Fsp3) is 0.0370. The van der Waals surface area contributed by atoms with Crippen molar-refractivity contribution in [3.05, 3.63) is 113 Å². The van der Waals surface area contributed by atoms with E-state index in [1.807, 2.05) is 12.1 Å². The minimum Gasteiger partial charge on any atom is -0.508 e. The Morgan fingerprint density at radius 1 is 0.738 bits per heavy atom. The van der Waals surface area contributed by atoms with Gasteiger partial charge in [-0.2, -0.15) is 0 Å². The van der Waals surface area contributed by atoms with Crippen LogP contribution in [0.5, 0.6) is 23.0 Å². The van der Waals surface area contributed by atoms with Crippen LogP contribution in [0.15, 0.2) is 97.1 Å². The van der Waals surface area contributed by atoms with E-state index in [1.165, 1.54) is 24.3 Å². The van der Waals surface area contributed by atoms with Gasteiger partial charge < -0.3 is 25.4 Å². The van der Waals surface area contributed by atoms with Crippen molar-refractivity contribution >= 4 is 126 Å². The monoisotopic (exact) mass is 1200 g/mol. The molecule has 4 rings (SSSR count). The molecule has 0 aliphatic heterocycles. The minimum atomic E-state index is -0.814. The number of nitrogen functional groups attached to an aromatic ring is 1. The van der Waals surface area contributed by atoms with Crippen molar-refractivity contribution in [3.63, 3.8) is 0 Å². The summed E-state index contributed by atoms with van der Waals surface area (Å²) in [5.74, 6) is 0.767. The van der Waals surface area contributed by atoms with E-state index in [4.69, 9.17) is 50.4 Å². The zero-order valence-corrected chi connectivity index (χ0v) is 34.1. The standard InChI is InChI=1S/C14H11ClO3.C7H5ClO2.C6H6ClNO.I3.I2/c15-13-9-11(16)7-6-10(13)8-14(17)18-12-4-2-1-3-5-12;8-7(9)10-6-4-2-1-3-5-6;7-5-3-4(9)1-2-6(5)8;1-3-2;1-2/h1-7,9,16H,8H2;1-5H;1-3,9H,8H2;;/q;;;-1;. The first-order valence-electron chi connectivity index (χ1n) is 11.0. The van der Waals surface area contributed by atoms with Gasteiger partial charge >= 0.3 is 61.9 Å². The Morgan fingerprint density at radius 3 is 1.57 bits per heavy atom. The number of hydrogen-bond donors (Lipinski definition) is 3. The molecule has 0 fully saturated rings. The van der Waals surface area contributed by atoms with E-state index < -0.39 is 11.4 Å². The molecule has 0 unspecified atom stereocenters. The second-order valence-corrected chi connectivity index (χ2v) is 24.5. The minimum absolute atomic E-state index is 0.0635. The summed E-state index contributed by atoms with van der Waals surface area (Å²) in [4.78, 5) is 21.8. The maximum absolute atomic E-state index is 11.7. The molecular weight excluding hydrogens is 1180 g/mol. The third kappa shape index (κ3) is 20.7. The van der Waals surface area contributed by atoms with Crippen LogP contribution in [0.2, 0.25) is 10.0 Å². The van der Waals surface area contributed by atoms with Crippen LogP contribution in [-0.2, 0) is 11.2 Å². The topological polar surface area (TPSA) is 119 Å². The number of anilines is 1. The maximum Gasteiger partial charge on any atom is 0.409 e. The fourth-order valence-corrected chi connectivity index (χ4v) is 3.09. The molecule has 0 aliphatic rings. The van der Waals surface area contributed by atoms with Gasteiger partial charge in [0.1, 0.15) is 23.0 Å². The van der Waals surface area contributed by atoms with Gasteiger partial charge in [-0.3, -0.25) is 4.79 Å². The molecule has 0 spiro atoms. The van der Waals surface area contributed by atoms with E-state index in [-0.39, 0.29) is 17.9 Å². The molecule has 0 heterocycles. The molecule has 0 aliphatic carbocycles. The Labute approximate surface area is 312 Å². The van der Waals surface area contributed by atoms with Gasteiger partial charge in [0.05, 0.1) is 17.1 Å². The van der Waals surface area contributed by atoms with Gasteiger partial charge in [-0.05, 0) is 54.1 Å². The first kappa shape index (κ1) is 41.7. The average molecular weight is 1200 g/mol. The van der Waals surface area contributed by atoms with Gasteiger partial charge in [0.25, 0.3) is 0 Å². The third-order valence-corrected chi connectivity index (χ3v) is 5.03. The molecule has 0 amide bonds. The summed E-state index contributed by atoms with van der Waals surface area (Å²) in [5, 5.41) is 18.7. The van der Waals surface area contributed by atoms with Crippen LogP contribution in [0.4, 0.5) is 10.5 Å². The largest absolute Gasteiger partial charge is 0.508 e. The Hall–Kier alpha value is -0.260. The summed E-state index contributed by atoms with van der Waals surface area (Å²) < 4.78 is 9.68. The third-order valence-electron chi connectivity index (χ3n) is 4.27. The van der Waals surface area contributed by atoms with E-state index in [9.17, 15) is 14.7 Å². The van der Waals surface area contributed by atoms with Crippen molar-refractivity contribution in [2.24, 2.45) is 0 Å². The van der Waals surface area contributed by atoms with Crippen molar-refractivity contribution in [3.8, 4) is 23.0 Å². The first-order chi connectivity index (χ1) is 20.0. The SMILES string of the molecule is II.I[I-]I.Nc1ccc(O)cc1Cl.O=C(Cc1ccc(O)cc1Cl)Oc1ccccc1.O=C(Cl)Oc1ccccc1. The van der Waals surface area contributed by atoms with Crippen molar-refractivity contribution in [1.29, 1.82) is 0 Å². The Kier molecular flexibility index (Phi) is 25.8. The van der Waals surface area contributed by atoms with E-state index in [1.54, 1.807) is 60.7 Å². The second kappa shape index (κ2) is 26.0. The number of para-hydroxylation sites is 2. The first-order valence-corrected chi connectivity index (χ1v) is 31.0.